The van der Waals surface area contributed by atoms with Crippen LogP contribution in [0.5, 0.6) is 0 Å². The highest BCUT2D eigenvalue weighted by Crippen LogP contribution is 2.11. The number of ether oxygens (including phenoxy) is 1. The van der Waals surface area contributed by atoms with E-state index < -0.39 is 6.10 Å². The van der Waals surface area contributed by atoms with E-state index in [1.54, 1.807) is 0 Å². The van der Waals surface area contributed by atoms with Crippen molar-refractivity contribution in [2.75, 3.05) is 13.7 Å². The summed E-state index contributed by atoms with van der Waals surface area (Å²) in [6, 6.07) is 0. The van der Waals surface area contributed by atoms with Crippen molar-refractivity contribution < 1.29 is 19.4 Å². The lowest BCUT2D eigenvalue weighted by Gasteiger charge is -2.11. The van der Waals surface area contributed by atoms with Crippen LogP contribution in [0.3, 0.4) is 0 Å². The summed E-state index contributed by atoms with van der Waals surface area (Å²) in [5, 5.41) is 12.5. The molecule has 0 radical (unpaired) electrons. The molecule has 0 fully saturated rings. The fraction of sp³-hybridized carbons (Fsp3) is 0.833. The molecule has 5 heteroatoms. The van der Waals surface area contributed by atoms with Gasteiger partial charge in [0.25, 0.3) is 0 Å². The van der Waals surface area contributed by atoms with Crippen LogP contribution in [0.1, 0.15) is 110 Å². The van der Waals surface area contributed by atoms with E-state index in [9.17, 15) is 14.7 Å². The van der Waals surface area contributed by atoms with Gasteiger partial charge >= 0.3 is 5.97 Å². The molecule has 29 heavy (non-hydrogen) atoms. The van der Waals surface area contributed by atoms with Gasteiger partial charge in [-0.3, -0.25) is 9.59 Å². The van der Waals surface area contributed by atoms with Gasteiger partial charge in [0.2, 0.25) is 5.91 Å². The molecular formula is C24H45NO4. The molecule has 5 nitrogen and oxygen atoms in total. The Morgan fingerprint density at radius 1 is 0.862 bits per heavy atom. The highest BCUT2D eigenvalue weighted by atomic mass is 16.5. The monoisotopic (exact) mass is 411 g/mol. The van der Waals surface area contributed by atoms with Crippen molar-refractivity contribution in [3.63, 3.8) is 0 Å². The van der Waals surface area contributed by atoms with Crippen molar-refractivity contribution in [1.82, 2.24) is 5.32 Å². The van der Waals surface area contributed by atoms with Crippen LogP contribution in [0, 0.1) is 0 Å². The first-order valence-corrected chi connectivity index (χ1v) is 11.8. The Kier molecular flexibility index (Phi) is 20.3. The molecule has 1 unspecified atom stereocenters. The van der Waals surface area contributed by atoms with Gasteiger partial charge in [0.05, 0.1) is 7.11 Å². The van der Waals surface area contributed by atoms with Crippen molar-refractivity contribution in [3.8, 4) is 0 Å². The van der Waals surface area contributed by atoms with Gasteiger partial charge in [0, 0.05) is 13.0 Å². The Morgan fingerprint density at radius 3 is 2.00 bits per heavy atom. The number of aliphatic hydroxyl groups excluding tert-OH is 1. The summed E-state index contributed by atoms with van der Waals surface area (Å²) in [6.07, 6.45) is 21.0. The number of nitrogens with one attached hydrogen (secondary N) is 1. The van der Waals surface area contributed by atoms with Crippen LogP contribution in [0.4, 0.5) is 0 Å². The molecule has 0 bridgehead atoms. The molecule has 0 aromatic carbocycles. The summed E-state index contributed by atoms with van der Waals surface area (Å²) in [6.45, 7) is 2.64. The maximum atomic E-state index is 11.8. The number of hydrogen-bond donors (Lipinski definition) is 2. The Morgan fingerprint density at radius 2 is 1.41 bits per heavy atom. The third-order valence-corrected chi connectivity index (χ3v) is 5.13. The van der Waals surface area contributed by atoms with Gasteiger partial charge in [-0.25, -0.2) is 0 Å². The van der Waals surface area contributed by atoms with Gasteiger partial charge in [-0.2, -0.15) is 0 Å². The first-order chi connectivity index (χ1) is 14.1. The molecular weight excluding hydrogens is 366 g/mol. The summed E-state index contributed by atoms with van der Waals surface area (Å²) in [7, 11) is 1.35. The zero-order chi connectivity index (χ0) is 21.6. The maximum Gasteiger partial charge on any atom is 0.305 e. The number of methoxy groups -OCH3 is 1. The summed E-state index contributed by atoms with van der Waals surface area (Å²) in [5.74, 6) is -0.626. The molecule has 0 heterocycles. The second-order valence-corrected chi connectivity index (χ2v) is 7.86. The lowest BCUT2D eigenvalue weighted by molar-refractivity contribution is -0.141. The SMILES string of the molecule is CCCCCCCCC=CCCCCCCCC(O)C(=O)NCCCC(=O)OC. The molecule has 170 valence electrons. The second kappa shape index (κ2) is 21.4. The van der Waals surface area contributed by atoms with Gasteiger partial charge in [0.1, 0.15) is 6.10 Å². The summed E-state index contributed by atoms with van der Waals surface area (Å²) in [5.41, 5.74) is 0. The van der Waals surface area contributed by atoms with Crippen molar-refractivity contribution in [1.29, 1.82) is 0 Å². The normalized spacial score (nSPS) is 12.2. The smallest absolute Gasteiger partial charge is 0.305 e. The highest BCUT2D eigenvalue weighted by molar-refractivity contribution is 5.80. The van der Waals surface area contributed by atoms with Crippen LogP contribution >= 0.6 is 0 Å². The Labute approximate surface area is 178 Å². The number of carbonyl (C=O) groups is 2. The fourth-order valence-corrected chi connectivity index (χ4v) is 3.20. The first-order valence-electron chi connectivity index (χ1n) is 11.8. The zero-order valence-corrected chi connectivity index (χ0v) is 18.9. The van der Waals surface area contributed by atoms with E-state index in [-0.39, 0.29) is 18.3 Å². The lowest BCUT2D eigenvalue weighted by atomic mass is 10.1. The number of allylic oxidation sites excluding steroid dienone is 2. The van der Waals surface area contributed by atoms with E-state index in [0.717, 1.165) is 25.7 Å². The van der Waals surface area contributed by atoms with Crippen LogP contribution in [0.25, 0.3) is 0 Å². The van der Waals surface area contributed by atoms with E-state index in [1.165, 1.54) is 64.9 Å². The lowest BCUT2D eigenvalue weighted by Crippen LogP contribution is -2.35. The van der Waals surface area contributed by atoms with E-state index >= 15 is 0 Å². The number of carbonyl (C=O) groups excluding carboxylic acids is 2. The quantitative estimate of drug-likeness (QED) is 0.159. The van der Waals surface area contributed by atoms with Crippen molar-refractivity contribution in [2.24, 2.45) is 0 Å². The molecule has 0 spiro atoms. The summed E-state index contributed by atoms with van der Waals surface area (Å²) >= 11 is 0. The Bertz CT molecular complexity index is 423. The molecule has 0 aliphatic rings. The minimum absolute atomic E-state index is 0.279. The Balaban J connectivity index is 3.39. The number of hydrogen-bond acceptors (Lipinski definition) is 4. The predicted octanol–water partition coefficient (Wildman–Crippen LogP) is 5.45. The molecule has 0 saturated carbocycles. The van der Waals surface area contributed by atoms with E-state index in [2.05, 4.69) is 29.1 Å². The first kappa shape index (κ1) is 27.6. The van der Waals surface area contributed by atoms with Gasteiger partial charge < -0.3 is 15.2 Å². The molecule has 0 rings (SSSR count). The van der Waals surface area contributed by atoms with Crippen LogP contribution in [-0.2, 0) is 14.3 Å². The average molecular weight is 412 g/mol. The van der Waals surface area contributed by atoms with E-state index in [4.69, 9.17) is 0 Å². The molecule has 0 aromatic rings. The summed E-state index contributed by atoms with van der Waals surface area (Å²) < 4.78 is 4.54. The number of esters is 1. The molecule has 0 aliphatic carbocycles. The third kappa shape index (κ3) is 19.7. The fourth-order valence-electron chi connectivity index (χ4n) is 3.20. The third-order valence-electron chi connectivity index (χ3n) is 5.13. The van der Waals surface area contributed by atoms with Crippen LogP contribution in [0.2, 0.25) is 0 Å². The van der Waals surface area contributed by atoms with Crippen LogP contribution < -0.4 is 5.32 Å². The number of amides is 1. The summed E-state index contributed by atoms with van der Waals surface area (Å²) in [4.78, 5) is 22.7. The number of rotatable bonds is 20. The van der Waals surface area contributed by atoms with Gasteiger partial charge in [-0.15, -0.1) is 0 Å². The number of unbranched alkanes of at least 4 members (excludes halogenated alkanes) is 11. The average Bonchev–Trinajstić information content (AvgIpc) is 2.73. The van der Waals surface area contributed by atoms with Gasteiger partial charge in [-0.05, 0) is 38.5 Å². The minimum Gasteiger partial charge on any atom is -0.469 e. The molecule has 1 atom stereocenters. The van der Waals surface area contributed by atoms with Gasteiger partial charge in [-0.1, -0.05) is 76.9 Å². The molecule has 0 saturated heterocycles. The van der Waals surface area contributed by atoms with Crippen molar-refractivity contribution in [3.05, 3.63) is 12.2 Å². The van der Waals surface area contributed by atoms with Crippen molar-refractivity contribution in [2.45, 2.75) is 116 Å². The predicted molar refractivity (Wildman–Crippen MR) is 120 cm³/mol. The Hall–Kier alpha value is -1.36. The standard InChI is InChI=1S/C24H45NO4/c1-3-4-5-6-7-8-9-10-11-12-13-14-15-16-17-19-22(26)24(28)25-21-18-20-23(27)29-2/h10-11,22,26H,3-9,12-21H2,1-2H3,(H,25,28). The number of aliphatic hydroxyl groups is 1. The maximum absolute atomic E-state index is 11.8. The molecule has 2 N–H and O–H groups in total. The van der Waals surface area contributed by atoms with Crippen LogP contribution in [0.15, 0.2) is 12.2 Å². The zero-order valence-electron chi connectivity index (χ0n) is 18.9. The molecule has 0 aliphatic heterocycles. The molecule has 0 aromatic heterocycles. The topological polar surface area (TPSA) is 75.6 Å². The van der Waals surface area contributed by atoms with E-state index in [0.29, 0.717) is 19.4 Å². The molecule has 1 amide bonds. The van der Waals surface area contributed by atoms with Gasteiger partial charge in [0.15, 0.2) is 0 Å². The van der Waals surface area contributed by atoms with Crippen LogP contribution in [-0.4, -0.2) is 36.7 Å². The van der Waals surface area contributed by atoms with Crippen molar-refractivity contribution >= 4 is 11.9 Å². The minimum atomic E-state index is -0.946. The largest absolute Gasteiger partial charge is 0.469 e. The van der Waals surface area contributed by atoms with E-state index in [1.807, 2.05) is 0 Å². The second-order valence-electron chi connectivity index (χ2n) is 7.86. The highest BCUT2D eigenvalue weighted by Gasteiger charge is 2.13.